The van der Waals surface area contributed by atoms with E-state index >= 15 is 0 Å². The van der Waals surface area contributed by atoms with Crippen molar-refractivity contribution in [2.45, 2.75) is 46.0 Å². The molecule has 1 heteroatoms. The van der Waals surface area contributed by atoms with E-state index in [0.717, 1.165) is 12.8 Å². The molecule has 9 rings (SSSR count). The molecule has 2 aliphatic rings. The summed E-state index contributed by atoms with van der Waals surface area (Å²) < 4.78 is 3.96. The maximum absolute atomic E-state index is 2.44. The SMILES string of the molecule is CCc1cc(-c2ccc(C)c3ccccc23)ccc1-c1ccccc1Cc1cccc2c1-c1cccc(C3=CC=Ic4ccccc43)c1C2(C)C. The predicted octanol–water partition coefficient (Wildman–Crippen LogP) is 13.3. The van der Waals surface area contributed by atoms with Gasteiger partial charge in [0.25, 0.3) is 0 Å². The summed E-state index contributed by atoms with van der Waals surface area (Å²) in [7, 11) is 0. The van der Waals surface area contributed by atoms with E-state index in [4.69, 9.17) is 0 Å². The molecule has 1 aliphatic carbocycles. The van der Waals surface area contributed by atoms with Crippen LogP contribution in [-0.4, -0.2) is 4.01 Å². The summed E-state index contributed by atoms with van der Waals surface area (Å²) in [6.07, 6.45) is 4.26. The lowest BCUT2D eigenvalue weighted by molar-refractivity contribution is 0.658. The second kappa shape index (κ2) is 12.7. The summed E-state index contributed by atoms with van der Waals surface area (Å²) >= 11 is -0.0877. The Kier molecular flexibility index (Phi) is 8.00. The van der Waals surface area contributed by atoms with E-state index in [2.05, 4.69) is 177 Å². The Bertz CT molecular complexity index is 2580. The zero-order valence-electron chi connectivity index (χ0n) is 29.7. The van der Waals surface area contributed by atoms with Crippen LogP contribution in [0.2, 0.25) is 0 Å². The second-order valence-corrected chi connectivity index (χ2v) is 17.0. The van der Waals surface area contributed by atoms with Crippen molar-refractivity contribution in [1.82, 2.24) is 0 Å². The lowest BCUT2D eigenvalue weighted by Crippen LogP contribution is -2.17. The molecule has 0 saturated heterocycles. The van der Waals surface area contributed by atoms with Crippen molar-refractivity contribution in [2.24, 2.45) is 0 Å². The van der Waals surface area contributed by atoms with Crippen LogP contribution < -0.4 is 0 Å². The minimum Gasteiger partial charge on any atom is -0.0849 e. The van der Waals surface area contributed by atoms with Crippen LogP contribution in [0, 0.1) is 10.5 Å². The molecule has 0 saturated carbocycles. The van der Waals surface area contributed by atoms with Gasteiger partial charge in [-0.1, -0.05) is 175 Å². The minimum atomic E-state index is -0.107. The quantitative estimate of drug-likeness (QED) is 0.148. The van der Waals surface area contributed by atoms with Crippen molar-refractivity contribution in [3.63, 3.8) is 0 Å². The van der Waals surface area contributed by atoms with Gasteiger partial charge in [0.05, 0.1) is 0 Å². The third kappa shape index (κ3) is 5.28. The molecule has 0 N–H and O–H groups in total. The Morgan fingerprint density at radius 2 is 1.22 bits per heavy atom. The molecule has 0 unspecified atom stereocenters. The van der Waals surface area contributed by atoms with Crippen LogP contribution in [0.25, 0.3) is 49.7 Å². The Labute approximate surface area is 312 Å². The molecular weight excluding hydrogens is 727 g/mol. The van der Waals surface area contributed by atoms with Gasteiger partial charge < -0.3 is 0 Å². The average Bonchev–Trinajstić information content (AvgIpc) is 3.42. The van der Waals surface area contributed by atoms with Crippen LogP contribution >= 0.6 is 20.7 Å². The van der Waals surface area contributed by atoms with Gasteiger partial charge in [-0.3, -0.25) is 0 Å². The number of allylic oxidation sites excluding steroid dienone is 1. The molecule has 51 heavy (non-hydrogen) atoms. The number of benzene rings is 7. The first kappa shape index (κ1) is 32.1. The molecule has 0 radical (unpaired) electrons. The molecule has 0 amide bonds. The smallest absolute Gasteiger partial charge is 0.0165 e. The van der Waals surface area contributed by atoms with E-state index in [1.807, 2.05) is 0 Å². The Hall–Kier alpha value is -4.86. The van der Waals surface area contributed by atoms with Crippen molar-refractivity contribution in [2.75, 3.05) is 0 Å². The van der Waals surface area contributed by atoms with Crippen LogP contribution in [0.1, 0.15) is 65.3 Å². The molecule has 1 aliphatic heterocycles. The van der Waals surface area contributed by atoms with E-state index in [1.54, 1.807) is 0 Å². The molecule has 7 aromatic rings. The highest BCUT2D eigenvalue weighted by atomic mass is 127. The van der Waals surface area contributed by atoms with E-state index in [-0.39, 0.29) is 26.1 Å². The van der Waals surface area contributed by atoms with Crippen molar-refractivity contribution >= 4 is 41.1 Å². The van der Waals surface area contributed by atoms with Crippen molar-refractivity contribution < 1.29 is 0 Å². The number of halogens is 1. The number of hydrogen-bond donors (Lipinski definition) is 0. The highest BCUT2D eigenvalue weighted by Gasteiger charge is 2.39. The van der Waals surface area contributed by atoms with Crippen LogP contribution in [0.5, 0.6) is 0 Å². The normalized spacial score (nSPS) is 14.0. The highest BCUT2D eigenvalue weighted by Crippen LogP contribution is 2.53. The van der Waals surface area contributed by atoms with Gasteiger partial charge in [0, 0.05) is 8.99 Å². The molecule has 1 heterocycles. The van der Waals surface area contributed by atoms with Gasteiger partial charge in [-0.25, -0.2) is 0 Å². The fourth-order valence-corrected chi connectivity index (χ4v) is 10.9. The van der Waals surface area contributed by atoms with Crippen molar-refractivity contribution in [1.29, 1.82) is 0 Å². The van der Waals surface area contributed by atoms with E-state index < -0.39 is 0 Å². The van der Waals surface area contributed by atoms with Gasteiger partial charge in [-0.2, -0.15) is 0 Å². The molecular formula is C50H41I. The van der Waals surface area contributed by atoms with Gasteiger partial charge in [0.15, 0.2) is 0 Å². The first-order chi connectivity index (χ1) is 24.9. The lowest BCUT2D eigenvalue weighted by atomic mass is 9.77. The van der Waals surface area contributed by atoms with Gasteiger partial charge in [0.1, 0.15) is 0 Å². The fraction of sp³-hybridized carbons (Fsp3) is 0.140. The Balaban J connectivity index is 1.14. The zero-order valence-corrected chi connectivity index (χ0v) is 31.9. The van der Waals surface area contributed by atoms with Gasteiger partial charge in [-0.15, -0.1) is 0 Å². The van der Waals surface area contributed by atoms with Crippen LogP contribution in [0.3, 0.4) is 0 Å². The second-order valence-electron chi connectivity index (χ2n) is 14.5. The first-order valence-electron chi connectivity index (χ1n) is 18.2. The molecule has 0 fully saturated rings. The fourth-order valence-electron chi connectivity index (χ4n) is 8.80. The monoisotopic (exact) mass is 768 g/mol. The molecule has 7 aromatic carbocycles. The Morgan fingerprint density at radius 1 is 0.549 bits per heavy atom. The average molecular weight is 769 g/mol. The summed E-state index contributed by atoms with van der Waals surface area (Å²) in [4.78, 5) is 0. The predicted molar refractivity (Wildman–Crippen MR) is 228 cm³/mol. The summed E-state index contributed by atoms with van der Waals surface area (Å²) in [5, 5.41) is 2.65. The largest absolute Gasteiger partial charge is 0.0849 e. The standard InChI is InChI=1S/C50H41I/c1-5-33-30-35(40-26-24-32(2)37-16-8-9-18-41(37)40)25-27-39(33)38-17-7-6-14-34(38)31-36-15-12-22-46-48(36)45-21-13-20-44(49(45)50(46,3)4)42-28-29-51-47-23-11-10-19-43(42)47/h6-30H,5,31H2,1-4H3. The highest BCUT2D eigenvalue weighted by molar-refractivity contribution is 14.2. The van der Waals surface area contributed by atoms with Crippen molar-refractivity contribution in [3.8, 4) is 33.4 Å². The summed E-state index contributed by atoms with van der Waals surface area (Å²) in [6, 6.07) is 52.7. The number of rotatable bonds is 6. The van der Waals surface area contributed by atoms with E-state index in [0.29, 0.717) is 0 Å². The van der Waals surface area contributed by atoms with E-state index in [1.165, 1.54) is 97.8 Å². The molecule has 0 atom stereocenters. The van der Waals surface area contributed by atoms with Gasteiger partial charge >= 0.3 is 0 Å². The minimum absolute atomic E-state index is 0.0877. The van der Waals surface area contributed by atoms with Gasteiger partial charge in [-0.05, 0) is 130 Å². The molecule has 0 bridgehead atoms. The topological polar surface area (TPSA) is 0 Å². The molecule has 0 aromatic heterocycles. The number of hydrogen-bond acceptors (Lipinski definition) is 0. The maximum Gasteiger partial charge on any atom is 0.0165 e. The third-order valence-corrected chi connectivity index (χ3v) is 13.6. The molecule has 248 valence electrons. The summed E-state index contributed by atoms with van der Waals surface area (Å²) in [5.41, 5.74) is 20.5. The number of aryl methyl sites for hydroxylation is 2. The molecule has 0 spiro atoms. The lowest BCUT2D eigenvalue weighted by Gasteiger charge is -2.26. The maximum atomic E-state index is 2.44. The third-order valence-electron chi connectivity index (χ3n) is 11.3. The number of fused-ring (bicyclic) bond motifs is 5. The van der Waals surface area contributed by atoms with E-state index in [9.17, 15) is 0 Å². The Morgan fingerprint density at radius 3 is 2.08 bits per heavy atom. The summed E-state index contributed by atoms with van der Waals surface area (Å²) in [5.74, 6) is 0. The van der Waals surface area contributed by atoms with Crippen LogP contribution in [-0.2, 0) is 18.3 Å². The van der Waals surface area contributed by atoms with Gasteiger partial charge in [0.2, 0.25) is 0 Å². The van der Waals surface area contributed by atoms with Crippen LogP contribution in [0.15, 0.2) is 146 Å². The molecule has 0 nitrogen and oxygen atoms in total. The summed E-state index contributed by atoms with van der Waals surface area (Å²) in [6.45, 7) is 9.35. The first-order valence-corrected chi connectivity index (χ1v) is 20.5. The van der Waals surface area contributed by atoms with Crippen LogP contribution in [0.4, 0.5) is 0 Å². The zero-order chi connectivity index (χ0) is 34.7. The van der Waals surface area contributed by atoms with Crippen molar-refractivity contribution in [3.05, 3.63) is 194 Å².